The van der Waals surface area contributed by atoms with Crippen molar-refractivity contribution in [1.29, 1.82) is 0 Å². The topological polar surface area (TPSA) is 95.7 Å². The highest BCUT2D eigenvalue weighted by atomic mass is 19.4. The van der Waals surface area contributed by atoms with Crippen molar-refractivity contribution in [1.82, 2.24) is 5.32 Å². The van der Waals surface area contributed by atoms with Crippen molar-refractivity contribution in [3.05, 3.63) is 33.9 Å². The van der Waals surface area contributed by atoms with Crippen LogP contribution in [-0.2, 0) is 6.18 Å². The quantitative estimate of drug-likeness (QED) is 0.644. The van der Waals surface area contributed by atoms with E-state index in [9.17, 15) is 28.1 Å². The molecule has 1 saturated heterocycles. The van der Waals surface area contributed by atoms with E-state index in [1.165, 1.54) is 0 Å². The number of nitro groups is 1. The van der Waals surface area contributed by atoms with Gasteiger partial charge in [0, 0.05) is 31.5 Å². The third-order valence-corrected chi connectivity index (χ3v) is 2.87. The number of alkyl halides is 3. The van der Waals surface area contributed by atoms with Gasteiger partial charge in [0.05, 0.1) is 4.92 Å². The van der Waals surface area contributed by atoms with Gasteiger partial charge in [-0.15, -0.1) is 0 Å². The van der Waals surface area contributed by atoms with E-state index in [0.717, 1.165) is 24.1 Å². The molecule has 0 spiro atoms. The first-order valence-electron chi connectivity index (χ1n) is 6.08. The first-order chi connectivity index (χ1) is 10.2. The van der Waals surface area contributed by atoms with Crippen LogP contribution in [0.1, 0.15) is 12.5 Å². The highest BCUT2D eigenvalue weighted by molar-refractivity contribution is 5.94. The Balaban J connectivity index is 0.00000116. The van der Waals surface area contributed by atoms with Crippen molar-refractivity contribution in [2.24, 2.45) is 0 Å². The summed E-state index contributed by atoms with van der Waals surface area (Å²) in [5, 5.41) is 20.2. The van der Waals surface area contributed by atoms with Gasteiger partial charge in [-0.2, -0.15) is 13.2 Å². The van der Waals surface area contributed by atoms with Gasteiger partial charge in [0.1, 0.15) is 5.56 Å². The lowest BCUT2D eigenvalue weighted by molar-refractivity contribution is -0.388. The van der Waals surface area contributed by atoms with Gasteiger partial charge in [0.2, 0.25) is 0 Å². The molecule has 0 aromatic heterocycles. The molecule has 1 aliphatic rings. The minimum absolute atomic E-state index is 0.0234. The van der Waals surface area contributed by atoms with Crippen LogP contribution in [0.4, 0.5) is 29.3 Å². The summed E-state index contributed by atoms with van der Waals surface area (Å²) in [6, 6.07) is 1.78. The fourth-order valence-electron chi connectivity index (χ4n) is 1.99. The summed E-state index contributed by atoms with van der Waals surface area (Å²) >= 11 is 0. The Morgan fingerprint density at radius 2 is 2.00 bits per heavy atom. The summed E-state index contributed by atoms with van der Waals surface area (Å²) in [6.07, 6.45) is -4.86. The molecule has 1 aliphatic heterocycles. The maximum atomic E-state index is 12.8. The van der Waals surface area contributed by atoms with Gasteiger partial charge in [-0.25, -0.2) is 4.79 Å². The number of nitrogens with one attached hydrogen (secondary N) is 1. The minimum Gasteiger partial charge on any atom is -0.400 e. The van der Waals surface area contributed by atoms with Crippen molar-refractivity contribution >= 4 is 17.4 Å². The van der Waals surface area contributed by atoms with Gasteiger partial charge in [-0.3, -0.25) is 15.0 Å². The Hall–Kier alpha value is -2.36. The zero-order chi connectivity index (χ0) is 17.1. The largest absolute Gasteiger partial charge is 0.423 e. The lowest BCUT2D eigenvalue weighted by Gasteiger charge is -2.16. The summed E-state index contributed by atoms with van der Waals surface area (Å²) in [7, 11) is 1.00. The van der Waals surface area contributed by atoms with Crippen LogP contribution < -0.4 is 10.2 Å². The average molecular weight is 321 g/mol. The standard InChI is InChI=1S/C11H10F3N3O3.CH4O/c1-6-5-16(10(18)15-6)7-2-3-9(17(19)20)8(4-7)11(12,13)14;1-2/h2-4,6H,5H2,1H3,(H,15,18);2H,1H3. The normalized spacial score (nSPS) is 17.6. The van der Waals surface area contributed by atoms with Crippen molar-refractivity contribution in [3.63, 3.8) is 0 Å². The van der Waals surface area contributed by atoms with Crippen LogP contribution in [0.25, 0.3) is 0 Å². The summed E-state index contributed by atoms with van der Waals surface area (Å²) in [5.41, 5.74) is -2.42. The van der Waals surface area contributed by atoms with E-state index in [0.29, 0.717) is 6.07 Å². The molecule has 10 heteroatoms. The zero-order valence-corrected chi connectivity index (χ0v) is 11.7. The van der Waals surface area contributed by atoms with Gasteiger partial charge in [-0.1, -0.05) is 0 Å². The maximum Gasteiger partial charge on any atom is 0.423 e. The molecule has 1 aromatic rings. The number of anilines is 1. The number of halogens is 3. The molecule has 2 rings (SSSR count). The second-order valence-corrected chi connectivity index (χ2v) is 4.42. The van der Waals surface area contributed by atoms with Crippen LogP contribution in [0.5, 0.6) is 0 Å². The third kappa shape index (κ3) is 3.64. The monoisotopic (exact) mass is 321 g/mol. The van der Waals surface area contributed by atoms with Crippen LogP contribution in [0.3, 0.4) is 0 Å². The van der Waals surface area contributed by atoms with E-state index in [4.69, 9.17) is 5.11 Å². The summed E-state index contributed by atoms with van der Waals surface area (Å²) in [4.78, 5) is 22.2. The van der Waals surface area contributed by atoms with E-state index in [1.54, 1.807) is 6.92 Å². The van der Waals surface area contributed by atoms with E-state index >= 15 is 0 Å². The number of nitrogens with zero attached hydrogens (tertiary/aromatic N) is 2. The van der Waals surface area contributed by atoms with E-state index in [-0.39, 0.29) is 18.3 Å². The number of benzene rings is 1. The number of rotatable bonds is 2. The first-order valence-corrected chi connectivity index (χ1v) is 6.08. The van der Waals surface area contributed by atoms with Crippen LogP contribution in [0.2, 0.25) is 0 Å². The SMILES string of the molecule is CC1CN(c2ccc([N+](=O)[O-])c(C(F)(F)F)c2)C(=O)N1.CO. The number of aliphatic hydroxyl groups is 1. The molecule has 1 atom stereocenters. The fourth-order valence-corrected chi connectivity index (χ4v) is 1.99. The Bertz CT molecular complexity index is 577. The molecule has 1 aromatic carbocycles. The molecule has 1 heterocycles. The Morgan fingerprint density at radius 1 is 1.41 bits per heavy atom. The summed E-state index contributed by atoms with van der Waals surface area (Å²) < 4.78 is 38.5. The van der Waals surface area contributed by atoms with Gasteiger partial charge >= 0.3 is 12.2 Å². The predicted molar refractivity (Wildman–Crippen MR) is 71.6 cm³/mol. The second kappa shape index (κ2) is 6.60. The van der Waals surface area contributed by atoms with Crippen molar-refractivity contribution in [2.75, 3.05) is 18.6 Å². The van der Waals surface area contributed by atoms with Crippen molar-refractivity contribution in [2.45, 2.75) is 19.1 Å². The molecule has 2 amide bonds. The smallest absolute Gasteiger partial charge is 0.400 e. The number of hydrogen-bond donors (Lipinski definition) is 2. The molecular weight excluding hydrogens is 307 g/mol. The summed E-state index contributed by atoms with van der Waals surface area (Å²) in [6.45, 7) is 1.90. The predicted octanol–water partition coefficient (Wildman–Crippen LogP) is 2.14. The Morgan fingerprint density at radius 3 is 2.41 bits per heavy atom. The highest BCUT2D eigenvalue weighted by Gasteiger charge is 2.39. The molecule has 0 bridgehead atoms. The molecular formula is C12H14F3N3O4. The number of amides is 2. The zero-order valence-electron chi connectivity index (χ0n) is 11.7. The molecule has 7 nitrogen and oxygen atoms in total. The molecule has 0 saturated carbocycles. The molecule has 22 heavy (non-hydrogen) atoms. The van der Waals surface area contributed by atoms with Gasteiger partial charge in [0.25, 0.3) is 5.69 Å². The van der Waals surface area contributed by atoms with Crippen LogP contribution in [0, 0.1) is 10.1 Å². The van der Waals surface area contributed by atoms with E-state index < -0.39 is 28.4 Å². The van der Waals surface area contributed by atoms with Crippen molar-refractivity contribution in [3.8, 4) is 0 Å². The third-order valence-electron chi connectivity index (χ3n) is 2.87. The second-order valence-electron chi connectivity index (χ2n) is 4.42. The molecule has 1 unspecified atom stereocenters. The van der Waals surface area contributed by atoms with Crippen LogP contribution >= 0.6 is 0 Å². The first kappa shape index (κ1) is 17.7. The van der Waals surface area contributed by atoms with Gasteiger partial charge in [0.15, 0.2) is 0 Å². The Labute approximate surface area is 123 Å². The number of hydrogen-bond acceptors (Lipinski definition) is 4. The molecule has 122 valence electrons. The maximum absolute atomic E-state index is 12.8. The number of carbonyl (C=O) groups is 1. The lowest BCUT2D eigenvalue weighted by atomic mass is 10.1. The van der Waals surface area contributed by atoms with Crippen LogP contribution in [-0.4, -0.2) is 35.8 Å². The number of nitro benzene ring substituents is 1. The van der Waals surface area contributed by atoms with Crippen LogP contribution in [0.15, 0.2) is 18.2 Å². The van der Waals surface area contributed by atoms with E-state index in [1.807, 2.05) is 0 Å². The molecule has 2 N–H and O–H groups in total. The average Bonchev–Trinajstić information content (AvgIpc) is 2.78. The molecule has 0 radical (unpaired) electrons. The number of carbonyl (C=O) groups excluding carboxylic acids is 1. The Kier molecular flexibility index (Phi) is 5.31. The van der Waals surface area contributed by atoms with E-state index in [2.05, 4.69) is 5.32 Å². The fraction of sp³-hybridized carbons (Fsp3) is 0.417. The van der Waals surface area contributed by atoms with Crippen molar-refractivity contribution < 1.29 is 28.0 Å². The van der Waals surface area contributed by atoms with Gasteiger partial charge in [-0.05, 0) is 19.1 Å². The molecule has 1 fully saturated rings. The minimum atomic E-state index is -4.86. The summed E-state index contributed by atoms with van der Waals surface area (Å²) in [5.74, 6) is 0. The molecule has 0 aliphatic carbocycles. The lowest BCUT2D eigenvalue weighted by Crippen LogP contribution is -2.28. The number of aliphatic hydroxyl groups excluding tert-OH is 1. The highest BCUT2D eigenvalue weighted by Crippen LogP contribution is 2.38. The van der Waals surface area contributed by atoms with Gasteiger partial charge < -0.3 is 10.4 Å². The number of urea groups is 1.